The van der Waals surface area contributed by atoms with E-state index in [9.17, 15) is 0 Å². The highest BCUT2D eigenvalue weighted by Crippen LogP contribution is 2.29. The molecule has 0 spiro atoms. The topological polar surface area (TPSA) is 34.2 Å². The third kappa shape index (κ3) is 1.84. The Morgan fingerprint density at radius 1 is 1.50 bits per heavy atom. The molecule has 3 nitrogen and oxygen atoms in total. The van der Waals surface area contributed by atoms with E-state index >= 15 is 0 Å². The zero-order valence-electron chi connectivity index (χ0n) is 9.19. The molecule has 1 N–H and O–H groups in total. The summed E-state index contributed by atoms with van der Waals surface area (Å²) < 4.78 is 6.96. The van der Waals surface area contributed by atoms with Gasteiger partial charge in [-0.1, -0.05) is 6.07 Å². The smallest absolute Gasteiger partial charge is 0.124 e. The van der Waals surface area contributed by atoms with Crippen molar-refractivity contribution >= 4 is 21.6 Å². The lowest BCUT2D eigenvalue weighted by molar-refractivity contribution is 0.0277. The second-order valence-corrected chi connectivity index (χ2v) is 5.15. The Morgan fingerprint density at radius 2 is 2.44 bits per heavy atom. The molecule has 1 atom stereocenters. The summed E-state index contributed by atoms with van der Waals surface area (Å²) in [6.07, 6.45) is 0.131. The van der Waals surface area contributed by atoms with Gasteiger partial charge in [0.25, 0.3) is 0 Å². The second kappa shape index (κ2) is 4.13. The van der Waals surface area contributed by atoms with Gasteiger partial charge in [-0.2, -0.15) is 0 Å². The molecule has 0 amide bonds. The summed E-state index contributed by atoms with van der Waals surface area (Å²) in [7, 11) is 0. The van der Waals surface area contributed by atoms with E-state index in [4.69, 9.17) is 4.74 Å². The quantitative estimate of drug-likeness (QED) is 0.822. The number of hydrogen-bond donors (Lipinski definition) is 1. The zero-order chi connectivity index (χ0) is 11.0. The molecule has 0 bridgehead atoms. The summed E-state index contributed by atoms with van der Waals surface area (Å²) in [5, 5.41) is 4.42. The second-order valence-electron chi connectivity index (χ2n) is 4.09. The number of benzene rings is 1. The number of ether oxygens (including phenoxy) is 1. The van der Waals surface area contributed by atoms with E-state index in [0.29, 0.717) is 0 Å². The monoisotopic (exact) mass is 234 g/mol. The maximum absolute atomic E-state index is 5.71. The SMILES string of the molecule is Cc1ccc2nc(C3CNCCO3)sc2c1. The van der Waals surface area contributed by atoms with Crippen LogP contribution < -0.4 is 5.32 Å². The van der Waals surface area contributed by atoms with Crippen molar-refractivity contribution < 1.29 is 4.74 Å². The van der Waals surface area contributed by atoms with Crippen LogP contribution in [0.15, 0.2) is 18.2 Å². The third-order valence-corrected chi connectivity index (χ3v) is 3.87. The van der Waals surface area contributed by atoms with Crippen LogP contribution in [0.3, 0.4) is 0 Å². The number of aryl methyl sites for hydroxylation is 1. The van der Waals surface area contributed by atoms with Crippen LogP contribution in [0.5, 0.6) is 0 Å². The highest BCUT2D eigenvalue weighted by Gasteiger charge is 2.19. The standard InChI is InChI=1S/C12H14N2OS/c1-8-2-3-9-11(6-8)16-12(14-9)10-7-13-4-5-15-10/h2-3,6,10,13H,4-5,7H2,1H3. The van der Waals surface area contributed by atoms with Crippen LogP contribution in [0.2, 0.25) is 0 Å². The van der Waals surface area contributed by atoms with Crippen LogP contribution in [0, 0.1) is 6.92 Å². The van der Waals surface area contributed by atoms with Gasteiger partial charge >= 0.3 is 0 Å². The molecule has 2 heterocycles. The fraction of sp³-hybridized carbons (Fsp3) is 0.417. The molecule has 0 aliphatic carbocycles. The van der Waals surface area contributed by atoms with Crippen molar-refractivity contribution in [3.05, 3.63) is 28.8 Å². The molecule has 84 valence electrons. The lowest BCUT2D eigenvalue weighted by atomic mass is 10.2. The van der Waals surface area contributed by atoms with Crippen molar-refractivity contribution in [1.82, 2.24) is 10.3 Å². The predicted octanol–water partition coefficient (Wildman–Crippen LogP) is 2.27. The number of morpholine rings is 1. The van der Waals surface area contributed by atoms with Crippen molar-refractivity contribution in [2.45, 2.75) is 13.0 Å². The number of aromatic nitrogens is 1. The van der Waals surface area contributed by atoms with Crippen LogP contribution >= 0.6 is 11.3 Å². The molecular weight excluding hydrogens is 220 g/mol. The number of nitrogens with one attached hydrogen (secondary N) is 1. The highest BCUT2D eigenvalue weighted by atomic mass is 32.1. The molecule has 1 aliphatic heterocycles. The first-order valence-electron chi connectivity index (χ1n) is 5.52. The fourth-order valence-electron chi connectivity index (χ4n) is 1.91. The molecule has 1 unspecified atom stereocenters. The third-order valence-electron chi connectivity index (χ3n) is 2.76. The number of fused-ring (bicyclic) bond motifs is 1. The Morgan fingerprint density at radius 3 is 3.25 bits per heavy atom. The number of thiazole rings is 1. The average Bonchev–Trinajstić information content (AvgIpc) is 2.73. The van der Waals surface area contributed by atoms with Gasteiger partial charge in [-0.15, -0.1) is 11.3 Å². The van der Waals surface area contributed by atoms with Crippen molar-refractivity contribution in [1.29, 1.82) is 0 Å². The summed E-state index contributed by atoms with van der Waals surface area (Å²) >= 11 is 1.74. The minimum Gasteiger partial charge on any atom is -0.368 e. The summed E-state index contributed by atoms with van der Waals surface area (Å²) in [5.41, 5.74) is 2.37. The Hall–Kier alpha value is -0.970. The molecule has 1 aromatic heterocycles. The summed E-state index contributed by atoms with van der Waals surface area (Å²) in [6, 6.07) is 6.37. The molecule has 1 saturated heterocycles. The Balaban J connectivity index is 1.97. The van der Waals surface area contributed by atoms with Crippen LogP contribution in [-0.4, -0.2) is 24.7 Å². The van der Waals surface area contributed by atoms with Crippen LogP contribution in [0.25, 0.3) is 10.2 Å². The maximum Gasteiger partial charge on any atom is 0.124 e. The molecule has 1 aliphatic rings. The number of nitrogens with zero attached hydrogens (tertiary/aromatic N) is 1. The van der Waals surface area contributed by atoms with E-state index in [1.165, 1.54) is 10.3 Å². The van der Waals surface area contributed by atoms with Crippen LogP contribution in [0.4, 0.5) is 0 Å². The van der Waals surface area contributed by atoms with Gasteiger partial charge in [0.15, 0.2) is 0 Å². The molecule has 4 heteroatoms. The number of hydrogen-bond acceptors (Lipinski definition) is 4. The average molecular weight is 234 g/mol. The summed E-state index contributed by atoms with van der Waals surface area (Å²) in [5.74, 6) is 0. The van der Waals surface area contributed by atoms with Crippen molar-refractivity contribution in [3.63, 3.8) is 0 Å². The van der Waals surface area contributed by atoms with E-state index in [1.807, 2.05) is 0 Å². The van der Waals surface area contributed by atoms with Gasteiger partial charge in [-0.05, 0) is 24.6 Å². The predicted molar refractivity (Wildman–Crippen MR) is 65.9 cm³/mol. The van der Waals surface area contributed by atoms with E-state index < -0.39 is 0 Å². The minimum atomic E-state index is 0.131. The maximum atomic E-state index is 5.71. The highest BCUT2D eigenvalue weighted by molar-refractivity contribution is 7.18. The van der Waals surface area contributed by atoms with E-state index in [0.717, 1.165) is 30.2 Å². The molecule has 0 radical (unpaired) electrons. The molecule has 0 saturated carbocycles. The molecule has 3 rings (SSSR count). The lowest BCUT2D eigenvalue weighted by Crippen LogP contribution is -2.33. The van der Waals surface area contributed by atoms with Gasteiger partial charge in [0.2, 0.25) is 0 Å². The normalized spacial score (nSPS) is 21.4. The number of rotatable bonds is 1. The fourth-order valence-corrected chi connectivity index (χ4v) is 3.03. The Bertz CT molecular complexity index is 503. The lowest BCUT2D eigenvalue weighted by Gasteiger charge is -2.21. The largest absolute Gasteiger partial charge is 0.368 e. The first-order chi connectivity index (χ1) is 7.83. The minimum absolute atomic E-state index is 0.131. The molecule has 1 aromatic carbocycles. The van der Waals surface area contributed by atoms with Crippen molar-refractivity contribution in [2.75, 3.05) is 19.7 Å². The van der Waals surface area contributed by atoms with Gasteiger partial charge in [0.1, 0.15) is 11.1 Å². The van der Waals surface area contributed by atoms with Gasteiger partial charge in [0, 0.05) is 13.1 Å². The summed E-state index contributed by atoms with van der Waals surface area (Å²) in [6.45, 7) is 4.70. The van der Waals surface area contributed by atoms with E-state index in [2.05, 4.69) is 35.4 Å². The van der Waals surface area contributed by atoms with Crippen molar-refractivity contribution in [3.8, 4) is 0 Å². The molecular formula is C12H14N2OS. The first kappa shape index (κ1) is 10.2. The van der Waals surface area contributed by atoms with Crippen LogP contribution in [-0.2, 0) is 4.74 Å². The van der Waals surface area contributed by atoms with Crippen molar-refractivity contribution in [2.24, 2.45) is 0 Å². The molecule has 16 heavy (non-hydrogen) atoms. The molecule has 2 aromatic rings. The zero-order valence-corrected chi connectivity index (χ0v) is 10.0. The Kier molecular flexibility index (Phi) is 2.63. The van der Waals surface area contributed by atoms with E-state index in [1.54, 1.807) is 11.3 Å². The van der Waals surface area contributed by atoms with E-state index in [-0.39, 0.29) is 6.10 Å². The van der Waals surface area contributed by atoms with Gasteiger partial charge < -0.3 is 10.1 Å². The van der Waals surface area contributed by atoms with Gasteiger partial charge in [-0.3, -0.25) is 0 Å². The first-order valence-corrected chi connectivity index (χ1v) is 6.34. The van der Waals surface area contributed by atoms with Gasteiger partial charge in [-0.25, -0.2) is 4.98 Å². The molecule has 1 fully saturated rings. The van der Waals surface area contributed by atoms with Crippen LogP contribution in [0.1, 0.15) is 16.7 Å². The summed E-state index contributed by atoms with van der Waals surface area (Å²) in [4.78, 5) is 4.63. The Labute approximate surface area is 98.5 Å². The van der Waals surface area contributed by atoms with Gasteiger partial charge in [0.05, 0.1) is 16.8 Å².